The summed E-state index contributed by atoms with van der Waals surface area (Å²) in [5.41, 5.74) is 1.82. The number of rotatable bonds is 5. The Morgan fingerprint density at radius 3 is 2.91 bits per heavy atom. The predicted octanol–water partition coefficient (Wildman–Crippen LogP) is 3.47. The van der Waals surface area contributed by atoms with Gasteiger partial charge in [-0.05, 0) is 57.1 Å². The second-order valence-electron chi connectivity index (χ2n) is 6.48. The van der Waals surface area contributed by atoms with Crippen molar-refractivity contribution in [2.45, 2.75) is 51.7 Å². The molecular weight excluding hydrogens is 292 g/mol. The molecule has 1 heterocycles. The lowest BCUT2D eigenvalue weighted by molar-refractivity contribution is -0.00889. The zero-order valence-corrected chi connectivity index (χ0v) is 13.9. The average Bonchev–Trinajstić information content (AvgIpc) is 3.36. The van der Waals surface area contributed by atoms with Gasteiger partial charge in [0.2, 0.25) is 0 Å². The Hall–Kier alpha value is -1.75. The first-order valence-corrected chi connectivity index (χ1v) is 8.58. The Morgan fingerprint density at radius 1 is 1.35 bits per heavy atom. The van der Waals surface area contributed by atoms with Gasteiger partial charge in [0.15, 0.2) is 0 Å². The molecule has 1 aliphatic carbocycles. The van der Waals surface area contributed by atoms with Crippen molar-refractivity contribution in [3.05, 3.63) is 23.8 Å². The number of hydrogen-bond acceptors (Lipinski definition) is 3. The highest BCUT2D eigenvalue weighted by atomic mass is 16.5. The van der Waals surface area contributed by atoms with E-state index in [0.717, 1.165) is 36.4 Å². The highest BCUT2D eigenvalue weighted by Crippen LogP contribution is 2.38. The summed E-state index contributed by atoms with van der Waals surface area (Å²) in [5, 5.41) is 5.98. The van der Waals surface area contributed by atoms with Crippen molar-refractivity contribution < 1.29 is 14.3 Å². The summed E-state index contributed by atoms with van der Waals surface area (Å²) in [5.74, 6) is 1.53. The van der Waals surface area contributed by atoms with Crippen molar-refractivity contribution in [3.63, 3.8) is 0 Å². The Kier molecular flexibility index (Phi) is 5.06. The molecule has 2 amide bonds. The number of nitrogens with one attached hydrogen (secondary N) is 2. The van der Waals surface area contributed by atoms with Gasteiger partial charge < -0.3 is 20.1 Å². The molecule has 0 bridgehead atoms. The van der Waals surface area contributed by atoms with E-state index in [9.17, 15) is 4.79 Å². The molecule has 3 rings (SSSR count). The van der Waals surface area contributed by atoms with Crippen molar-refractivity contribution in [2.75, 3.05) is 18.5 Å². The van der Waals surface area contributed by atoms with Crippen LogP contribution in [0.3, 0.4) is 0 Å². The highest BCUT2D eigenvalue weighted by molar-refractivity contribution is 5.89. The zero-order valence-electron chi connectivity index (χ0n) is 13.9. The molecule has 126 valence electrons. The summed E-state index contributed by atoms with van der Waals surface area (Å²) in [7, 11) is 0. The average molecular weight is 318 g/mol. The number of benzene rings is 1. The summed E-state index contributed by atoms with van der Waals surface area (Å²) in [6.45, 7) is 5.30. The molecule has 1 aromatic rings. The third-order valence-electron chi connectivity index (χ3n) is 4.54. The van der Waals surface area contributed by atoms with E-state index in [0.29, 0.717) is 18.6 Å². The SMILES string of the molecule is CCOc1cc(NC(=O)N[C@@H]2CCO[C@H](C3CC3)C2)ccc1C. The van der Waals surface area contributed by atoms with Crippen LogP contribution < -0.4 is 15.4 Å². The maximum Gasteiger partial charge on any atom is 0.319 e. The number of urea groups is 1. The van der Waals surface area contributed by atoms with Crippen LogP contribution in [-0.4, -0.2) is 31.4 Å². The number of hydrogen-bond donors (Lipinski definition) is 2. The fourth-order valence-corrected chi connectivity index (χ4v) is 3.10. The molecule has 0 unspecified atom stereocenters. The minimum absolute atomic E-state index is 0.155. The fraction of sp³-hybridized carbons (Fsp3) is 0.611. The van der Waals surface area contributed by atoms with Gasteiger partial charge >= 0.3 is 6.03 Å². The van der Waals surface area contributed by atoms with E-state index >= 15 is 0 Å². The number of ether oxygens (including phenoxy) is 2. The molecule has 1 saturated heterocycles. The first-order valence-electron chi connectivity index (χ1n) is 8.58. The normalized spacial score (nSPS) is 24.1. The number of carbonyl (C=O) groups excluding carboxylic acids is 1. The summed E-state index contributed by atoms with van der Waals surface area (Å²) in [6, 6.07) is 5.77. The second kappa shape index (κ2) is 7.21. The maximum absolute atomic E-state index is 12.2. The molecule has 2 fully saturated rings. The molecule has 0 aromatic heterocycles. The molecule has 2 atom stereocenters. The molecule has 1 aromatic carbocycles. The van der Waals surface area contributed by atoms with Crippen LogP contribution in [0.4, 0.5) is 10.5 Å². The van der Waals surface area contributed by atoms with Gasteiger partial charge in [-0.2, -0.15) is 0 Å². The maximum atomic E-state index is 12.2. The Morgan fingerprint density at radius 2 is 2.17 bits per heavy atom. The lowest BCUT2D eigenvalue weighted by Crippen LogP contribution is -2.44. The third-order valence-corrected chi connectivity index (χ3v) is 4.54. The summed E-state index contributed by atoms with van der Waals surface area (Å²) in [4.78, 5) is 12.2. The number of anilines is 1. The summed E-state index contributed by atoms with van der Waals surface area (Å²) >= 11 is 0. The fourth-order valence-electron chi connectivity index (χ4n) is 3.10. The largest absolute Gasteiger partial charge is 0.494 e. The third kappa shape index (κ3) is 4.38. The van der Waals surface area contributed by atoms with Crippen molar-refractivity contribution in [2.24, 2.45) is 5.92 Å². The van der Waals surface area contributed by atoms with Gasteiger partial charge in [0.25, 0.3) is 0 Å². The van der Waals surface area contributed by atoms with E-state index in [1.807, 2.05) is 32.0 Å². The molecule has 1 aliphatic heterocycles. The summed E-state index contributed by atoms with van der Waals surface area (Å²) in [6.07, 6.45) is 4.68. The topological polar surface area (TPSA) is 59.6 Å². The number of aryl methyl sites for hydroxylation is 1. The Labute approximate surface area is 137 Å². The lowest BCUT2D eigenvalue weighted by Gasteiger charge is -2.30. The van der Waals surface area contributed by atoms with Gasteiger partial charge in [-0.3, -0.25) is 0 Å². The zero-order chi connectivity index (χ0) is 16.2. The molecule has 23 heavy (non-hydrogen) atoms. The monoisotopic (exact) mass is 318 g/mol. The quantitative estimate of drug-likeness (QED) is 0.874. The first-order chi connectivity index (χ1) is 11.2. The Balaban J connectivity index is 1.53. The van der Waals surface area contributed by atoms with Gasteiger partial charge in [-0.15, -0.1) is 0 Å². The molecule has 0 radical (unpaired) electrons. The van der Waals surface area contributed by atoms with Crippen LogP contribution in [0.2, 0.25) is 0 Å². The van der Waals surface area contributed by atoms with Crippen LogP contribution in [0.1, 0.15) is 38.2 Å². The van der Waals surface area contributed by atoms with Crippen LogP contribution in [0.5, 0.6) is 5.75 Å². The van der Waals surface area contributed by atoms with E-state index in [1.54, 1.807) is 0 Å². The van der Waals surface area contributed by atoms with Crippen LogP contribution in [0, 0.1) is 12.8 Å². The van der Waals surface area contributed by atoms with Gasteiger partial charge in [0, 0.05) is 24.4 Å². The molecule has 5 heteroatoms. The van der Waals surface area contributed by atoms with E-state index in [4.69, 9.17) is 9.47 Å². The van der Waals surface area contributed by atoms with E-state index in [1.165, 1.54) is 12.8 Å². The van der Waals surface area contributed by atoms with Gasteiger partial charge in [-0.25, -0.2) is 4.79 Å². The highest BCUT2D eigenvalue weighted by Gasteiger charge is 2.36. The summed E-state index contributed by atoms with van der Waals surface area (Å²) < 4.78 is 11.4. The molecule has 2 aliphatic rings. The number of carbonyl (C=O) groups is 1. The second-order valence-corrected chi connectivity index (χ2v) is 6.48. The van der Waals surface area contributed by atoms with Gasteiger partial charge in [0.1, 0.15) is 5.75 Å². The van der Waals surface area contributed by atoms with Gasteiger partial charge in [-0.1, -0.05) is 6.07 Å². The minimum atomic E-state index is -0.155. The van der Waals surface area contributed by atoms with Crippen molar-refractivity contribution >= 4 is 11.7 Å². The van der Waals surface area contributed by atoms with Crippen molar-refractivity contribution in [3.8, 4) is 5.75 Å². The first kappa shape index (κ1) is 16.1. The standard InChI is InChI=1S/C18H26N2O3/c1-3-22-16-10-14(7-4-12(16)2)19-18(21)20-15-8-9-23-17(11-15)13-5-6-13/h4,7,10,13,15,17H,3,5-6,8-9,11H2,1-2H3,(H2,19,20,21)/t15-,17+/m1/s1. The van der Waals surface area contributed by atoms with Crippen molar-refractivity contribution in [1.82, 2.24) is 5.32 Å². The van der Waals surface area contributed by atoms with Crippen LogP contribution in [0.25, 0.3) is 0 Å². The Bertz CT molecular complexity index is 557. The minimum Gasteiger partial charge on any atom is -0.494 e. The molecule has 1 saturated carbocycles. The smallest absolute Gasteiger partial charge is 0.319 e. The van der Waals surface area contributed by atoms with E-state index in [2.05, 4.69) is 10.6 Å². The molecular formula is C18H26N2O3. The van der Waals surface area contributed by atoms with Crippen LogP contribution in [-0.2, 0) is 4.74 Å². The lowest BCUT2D eigenvalue weighted by atomic mass is 10.0. The van der Waals surface area contributed by atoms with Crippen molar-refractivity contribution in [1.29, 1.82) is 0 Å². The molecule has 0 spiro atoms. The predicted molar refractivity (Wildman–Crippen MR) is 90.0 cm³/mol. The van der Waals surface area contributed by atoms with Crippen LogP contribution >= 0.6 is 0 Å². The van der Waals surface area contributed by atoms with Crippen LogP contribution in [0.15, 0.2) is 18.2 Å². The van der Waals surface area contributed by atoms with Gasteiger partial charge in [0.05, 0.1) is 12.7 Å². The molecule has 2 N–H and O–H groups in total. The number of amides is 2. The van der Waals surface area contributed by atoms with E-state index < -0.39 is 0 Å². The van der Waals surface area contributed by atoms with E-state index in [-0.39, 0.29) is 12.1 Å². The molecule has 5 nitrogen and oxygen atoms in total.